The summed E-state index contributed by atoms with van der Waals surface area (Å²) in [6.45, 7) is 2.48. The zero-order valence-electron chi connectivity index (χ0n) is 9.81. The second-order valence-corrected chi connectivity index (χ2v) is 4.04. The number of aromatic hydroxyl groups is 2. The van der Waals surface area contributed by atoms with E-state index in [0.29, 0.717) is 6.54 Å². The van der Waals surface area contributed by atoms with Gasteiger partial charge in [0, 0.05) is 17.7 Å². The lowest BCUT2D eigenvalue weighted by Gasteiger charge is -2.13. The van der Waals surface area contributed by atoms with Gasteiger partial charge in [0.05, 0.1) is 0 Å². The number of amides is 1. The van der Waals surface area contributed by atoms with Gasteiger partial charge in [0.15, 0.2) is 0 Å². The molecule has 1 unspecified atom stereocenters. The Kier molecular flexibility index (Phi) is 4.78. The fourth-order valence-electron chi connectivity index (χ4n) is 1.53. The predicted octanol–water partition coefficient (Wildman–Crippen LogP) is 0.955. The van der Waals surface area contributed by atoms with Crippen molar-refractivity contribution in [2.45, 2.75) is 25.8 Å². The molecule has 1 aromatic carbocycles. The second-order valence-electron chi connectivity index (χ2n) is 4.04. The molecular weight excluding hydrogens is 220 g/mol. The van der Waals surface area contributed by atoms with E-state index in [2.05, 4.69) is 5.32 Å². The number of phenolic OH excluding ortho intramolecular Hbond substituents is 2. The molecule has 0 aliphatic heterocycles. The number of benzene rings is 1. The summed E-state index contributed by atoms with van der Waals surface area (Å²) in [4.78, 5) is 11.8. The molecule has 0 aliphatic rings. The number of hydrogen-bond donors (Lipinski definition) is 4. The van der Waals surface area contributed by atoms with Gasteiger partial charge in [-0.05, 0) is 38.4 Å². The molecule has 1 aromatic rings. The van der Waals surface area contributed by atoms with Crippen LogP contribution in [0, 0.1) is 0 Å². The number of nitrogens with two attached hydrogens (primary N) is 1. The molecule has 0 bridgehead atoms. The number of nitrogens with one attached hydrogen (secondary N) is 1. The van der Waals surface area contributed by atoms with Crippen LogP contribution >= 0.6 is 0 Å². The molecule has 94 valence electrons. The van der Waals surface area contributed by atoms with Crippen molar-refractivity contribution in [2.75, 3.05) is 6.54 Å². The van der Waals surface area contributed by atoms with Crippen LogP contribution in [0.15, 0.2) is 18.2 Å². The number of carbonyl (C=O) groups excluding carboxylic acids is 1. The molecule has 1 rings (SSSR count). The quantitative estimate of drug-likeness (QED) is 0.614. The zero-order valence-corrected chi connectivity index (χ0v) is 9.81. The first kappa shape index (κ1) is 13.3. The molecule has 0 fully saturated rings. The Labute approximate surface area is 100 Å². The van der Waals surface area contributed by atoms with Gasteiger partial charge < -0.3 is 21.3 Å². The summed E-state index contributed by atoms with van der Waals surface area (Å²) in [6.07, 6.45) is 1.64. The minimum absolute atomic E-state index is 0.00976. The summed E-state index contributed by atoms with van der Waals surface area (Å²) in [5.41, 5.74) is 5.62. The van der Waals surface area contributed by atoms with E-state index in [-0.39, 0.29) is 29.0 Å². The Hall–Kier alpha value is -1.75. The Balaban J connectivity index is 2.63. The third kappa shape index (κ3) is 4.32. The van der Waals surface area contributed by atoms with E-state index < -0.39 is 0 Å². The summed E-state index contributed by atoms with van der Waals surface area (Å²) < 4.78 is 0. The summed E-state index contributed by atoms with van der Waals surface area (Å²) >= 11 is 0. The maximum absolute atomic E-state index is 11.8. The predicted molar refractivity (Wildman–Crippen MR) is 65.0 cm³/mol. The number of phenols is 2. The smallest absolute Gasteiger partial charge is 0.251 e. The van der Waals surface area contributed by atoms with Gasteiger partial charge in [0.25, 0.3) is 5.91 Å². The molecule has 17 heavy (non-hydrogen) atoms. The highest BCUT2D eigenvalue weighted by atomic mass is 16.3. The van der Waals surface area contributed by atoms with Crippen molar-refractivity contribution in [1.82, 2.24) is 5.32 Å². The van der Waals surface area contributed by atoms with Gasteiger partial charge >= 0.3 is 0 Å². The van der Waals surface area contributed by atoms with Crippen LogP contribution in [-0.2, 0) is 0 Å². The van der Waals surface area contributed by atoms with Crippen molar-refractivity contribution >= 4 is 5.91 Å². The molecule has 0 radical (unpaired) electrons. The fraction of sp³-hybridized carbons (Fsp3) is 0.417. The highest BCUT2D eigenvalue weighted by Gasteiger charge is 2.11. The first-order chi connectivity index (χ1) is 8.02. The average Bonchev–Trinajstić information content (AvgIpc) is 2.25. The first-order valence-corrected chi connectivity index (χ1v) is 5.57. The van der Waals surface area contributed by atoms with Gasteiger partial charge in [-0.3, -0.25) is 4.79 Å². The van der Waals surface area contributed by atoms with E-state index in [1.54, 1.807) is 0 Å². The second kappa shape index (κ2) is 6.10. The van der Waals surface area contributed by atoms with E-state index in [4.69, 9.17) is 5.73 Å². The topological polar surface area (TPSA) is 95.6 Å². The van der Waals surface area contributed by atoms with E-state index in [9.17, 15) is 15.0 Å². The van der Waals surface area contributed by atoms with Crippen molar-refractivity contribution in [1.29, 1.82) is 0 Å². The van der Waals surface area contributed by atoms with Crippen LogP contribution in [0.5, 0.6) is 11.5 Å². The molecule has 5 heteroatoms. The number of rotatable bonds is 5. The van der Waals surface area contributed by atoms with Crippen LogP contribution in [0.1, 0.15) is 30.1 Å². The maximum Gasteiger partial charge on any atom is 0.251 e. The van der Waals surface area contributed by atoms with Crippen LogP contribution in [0.4, 0.5) is 0 Å². The van der Waals surface area contributed by atoms with Crippen LogP contribution in [0.2, 0.25) is 0 Å². The van der Waals surface area contributed by atoms with Crippen molar-refractivity contribution in [2.24, 2.45) is 5.73 Å². The van der Waals surface area contributed by atoms with Gasteiger partial charge in [-0.1, -0.05) is 0 Å². The normalized spacial score (nSPS) is 12.1. The van der Waals surface area contributed by atoms with Crippen LogP contribution in [0.3, 0.4) is 0 Å². The van der Waals surface area contributed by atoms with Crippen LogP contribution < -0.4 is 11.1 Å². The highest BCUT2D eigenvalue weighted by molar-refractivity contribution is 5.95. The SMILES string of the molecule is CC(CCCN)NC(=O)c1cc(O)cc(O)c1. The lowest BCUT2D eigenvalue weighted by molar-refractivity contribution is 0.0937. The standard InChI is InChI=1S/C12H18N2O3/c1-8(3-2-4-13)14-12(17)9-5-10(15)7-11(16)6-9/h5-8,15-16H,2-4,13H2,1H3,(H,14,17). The lowest BCUT2D eigenvalue weighted by atomic mass is 10.1. The molecule has 0 saturated carbocycles. The van der Waals surface area contributed by atoms with Gasteiger partial charge in [-0.15, -0.1) is 0 Å². The monoisotopic (exact) mass is 238 g/mol. The lowest BCUT2D eigenvalue weighted by Crippen LogP contribution is -2.32. The van der Waals surface area contributed by atoms with Crippen molar-refractivity contribution in [3.05, 3.63) is 23.8 Å². The van der Waals surface area contributed by atoms with Gasteiger partial charge in [-0.25, -0.2) is 0 Å². The molecule has 0 aliphatic carbocycles. The van der Waals surface area contributed by atoms with E-state index >= 15 is 0 Å². The Morgan fingerprint density at radius 1 is 1.35 bits per heavy atom. The van der Waals surface area contributed by atoms with Crippen LogP contribution in [0.25, 0.3) is 0 Å². The van der Waals surface area contributed by atoms with Gasteiger partial charge in [-0.2, -0.15) is 0 Å². The Morgan fingerprint density at radius 2 is 1.94 bits per heavy atom. The van der Waals surface area contributed by atoms with Crippen molar-refractivity contribution in [3.8, 4) is 11.5 Å². The molecule has 0 heterocycles. The third-order valence-electron chi connectivity index (χ3n) is 2.38. The molecule has 0 saturated heterocycles. The zero-order chi connectivity index (χ0) is 12.8. The van der Waals surface area contributed by atoms with Gasteiger partial charge in [0.2, 0.25) is 0 Å². The summed E-state index contributed by atoms with van der Waals surface area (Å²) in [6, 6.07) is 3.81. The highest BCUT2D eigenvalue weighted by Crippen LogP contribution is 2.20. The van der Waals surface area contributed by atoms with E-state index in [0.717, 1.165) is 12.8 Å². The van der Waals surface area contributed by atoms with E-state index in [1.807, 2.05) is 6.92 Å². The molecule has 0 spiro atoms. The van der Waals surface area contributed by atoms with Crippen LogP contribution in [-0.4, -0.2) is 28.7 Å². The summed E-state index contributed by atoms with van der Waals surface area (Å²) in [5, 5.41) is 21.3. The Morgan fingerprint density at radius 3 is 2.47 bits per heavy atom. The molecule has 0 aromatic heterocycles. The fourth-order valence-corrected chi connectivity index (χ4v) is 1.53. The summed E-state index contributed by atoms with van der Waals surface area (Å²) in [5.74, 6) is -0.588. The number of carbonyl (C=O) groups is 1. The average molecular weight is 238 g/mol. The molecular formula is C12H18N2O3. The maximum atomic E-state index is 11.8. The Bertz CT molecular complexity index is 373. The molecule has 5 nitrogen and oxygen atoms in total. The van der Waals surface area contributed by atoms with Gasteiger partial charge in [0.1, 0.15) is 11.5 Å². The summed E-state index contributed by atoms with van der Waals surface area (Å²) in [7, 11) is 0. The van der Waals surface area contributed by atoms with Crippen molar-refractivity contribution < 1.29 is 15.0 Å². The largest absolute Gasteiger partial charge is 0.508 e. The minimum Gasteiger partial charge on any atom is -0.508 e. The van der Waals surface area contributed by atoms with Crippen molar-refractivity contribution in [3.63, 3.8) is 0 Å². The molecule has 1 amide bonds. The van der Waals surface area contributed by atoms with E-state index in [1.165, 1.54) is 18.2 Å². The molecule has 1 atom stereocenters. The molecule has 5 N–H and O–H groups in total. The first-order valence-electron chi connectivity index (χ1n) is 5.57. The third-order valence-corrected chi connectivity index (χ3v) is 2.38. The number of hydrogen-bond acceptors (Lipinski definition) is 4. The minimum atomic E-state index is -0.319.